The molecule has 0 amide bonds. The highest BCUT2D eigenvalue weighted by Crippen LogP contribution is 2.36. The third-order valence-corrected chi connectivity index (χ3v) is 9.26. The topological polar surface area (TPSA) is 28.1 Å². The monoisotopic (exact) mass is 557 g/mol. The van der Waals surface area contributed by atoms with E-state index in [1.807, 2.05) is 25.3 Å². The molecule has 0 bridgehead atoms. The van der Waals surface area contributed by atoms with Crippen LogP contribution in [0, 0.1) is 24.6 Å². The van der Waals surface area contributed by atoms with Crippen LogP contribution in [0.5, 0.6) is 0 Å². The van der Waals surface area contributed by atoms with Crippen LogP contribution in [0.25, 0.3) is 0 Å². The number of benzene rings is 2. The lowest BCUT2D eigenvalue weighted by Gasteiger charge is -2.43. The summed E-state index contributed by atoms with van der Waals surface area (Å²) in [5.41, 5.74) is 5.81. The van der Waals surface area contributed by atoms with Gasteiger partial charge in [0.15, 0.2) is 0 Å². The van der Waals surface area contributed by atoms with Gasteiger partial charge in [-0.05, 0) is 102 Å². The second-order valence-electron chi connectivity index (χ2n) is 12.2. The number of ether oxygens (including phenoxy) is 1. The van der Waals surface area contributed by atoms with E-state index in [-0.39, 0.29) is 23.9 Å². The maximum atomic E-state index is 14.3. The molecule has 1 saturated carbocycles. The second-order valence-corrected chi connectivity index (χ2v) is 12.2. The van der Waals surface area contributed by atoms with Crippen LogP contribution in [0.4, 0.5) is 10.1 Å². The van der Waals surface area contributed by atoms with Crippen molar-refractivity contribution in [2.24, 2.45) is 16.8 Å². The van der Waals surface area contributed by atoms with Gasteiger partial charge in [-0.15, -0.1) is 0 Å². The molecule has 220 valence electrons. The van der Waals surface area contributed by atoms with Crippen LogP contribution in [0.2, 0.25) is 0 Å². The summed E-state index contributed by atoms with van der Waals surface area (Å²) in [4.78, 5) is 10.1. The van der Waals surface area contributed by atoms with Gasteiger partial charge in [0.05, 0.1) is 18.4 Å². The summed E-state index contributed by atoms with van der Waals surface area (Å²) in [6.45, 7) is 12.0. The number of likely N-dealkylation sites (tertiary alicyclic amines) is 1. The molecule has 2 aromatic carbocycles. The Balaban J connectivity index is 1.20. The van der Waals surface area contributed by atoms with Gasteiger partial charge in [-0.25, -0.2) is 4.39 Å². The number of allylic oxidation sites excluding steroid dienone is 2. The molecule has 1 aliphatic heterocycles. The maximum Gasteiger partial charge on any atom is 0.126 e. The average molecular weight is 558 g/mol. The molecule has 0 spiro atoms. The Hall–Kier alpha value is -2.76. The number of aliphatic imine (C=N–C) groups is 1. The minimum atomic E-state index is -0.115. The fourth-order valence-corrected chi connectivity index (χ4v) is 6.60. The molecule has 1 heterocycles. The van der Waals surface area contributed by atoms with Gasteiger partial charge in [0, 0.05) is 48.7 Å². The minimum Gasteiger partial charge on any atom is -0.370 e. The van der Waals surface area contributed by atoms with E-state index in [2.05, 4.69) is 67.0 Å². The first-order valence-electron chi connectivity index (χ1n) is 15.8. The van der Waals surface area contributed by atoms with Crippen LogP contribution in [-0.2, 0) is 11.2 Å². The minimum absolute atomic E-state index is 0.0199. The first-order chi connectivity index (χ1) is 19.9. The van der Waals surface area contributed by atoms with Gasteiger partial charge in [0.2, 0.25) is 0 Å². The lowest BCUT2D eigenvalue weighted by atomic mass is 9.86. The summed E-state index contributed by atoms with van der Waals surface area (Å²) in [6, 6.07) is 16.0. The molecule has 3 aliphatic rings. The average Bonchev–Trinajstić information content (AvgIpc) is 3.81. The zero-order valence-electron chi connectivity index (χ0n) is 25.4. The van der Waals surface area contributed by atoms with E-state index < -0.39 is 0 Å². The predicted molar refractivity (Wildman–Crippen MR) is 169 cm³/mol. The van der Waals surface area contributed by atoms with Crippen LogP contribution in [-0.4, -0.2) is 49.1 Å². The smallest absolute Gasteiger partial charge is 0.126 e. The predicted octanol–water partition coefficient (Wildman–Crippen LogP) is 8.12. The number of aryl methyl sites for hydroxylation is 2. The van der Waals surface area contributed by atoms with Crippen LogP contribution >= 0.6 is 0 Å². The standard InChI is InChI=1S/C36H48FN3O/c1-5-38-36-31(20-19-30-12-7-8-15-34(30)37)13-10-14-33(36)27(3)41-32-21-23-39(24-22-32)28(4)40(25-29-17-18-29)35-16-9-6-11-26(35)2/h5-12,14-16,27-29,31-32H,13,17-25H2,1-4H3. The van der Waals surface area contributed by atoms with E-state index in [1.165, 1.54) is 29.7 Å². The fourth-order valence-electron chi connectivity index (χ4n) is 6.60. The van der Waals surface area contributed by atoms with Crippen molar-refractivity contribution in [1.29, 1.82) is 0 Å². The molecule has 3 atom stereocenters. The number of piperidine rings is 1. The van der Waals surface area contributed by atoms with Crippen molar-refractivity contribution < 1.29 is 9.13 Å². The molecule has 2 aromatic rings. The largest absolute Gasteiger partial charge is 0.370 e. The van der Waals surface area contributed by atoms with Crippen molar-refractivity contribution >= 4 is 11.9 Å². The Morgan fingerprint density at radius 2 is 1.78 bits per heavy atom. The lowest BCUT2D eigenvalue weighted by Crippen LogP contribution is -2.51. The molecule has 0 aromatic heterocycles. The summed E-state index contributed by atoms with van der Waals surface area (Å²) in [6.07, 6.45) is 14.3. The van der Waals surface area contributed by atoms with E-state index >= 15 is 0 Å². The molecule has 2 aliphatic carbocycles. The molecular formula is C36H48FN3O. The summed E-state index contributed by atoms with van der Waals surface area (Å²) in [7, 11) is 0. The van der Waals surface area contributed by atoms with Gasteiger partial charge < -0.3 is 9.64 Å². The van der Waals surface area contributed by atoms with Crippen molar-refractivity contribution in [2.75, 3.05) is 24.5 Å². The molecular weight excluding hydrogens is 509 g/mol. The summed E-state index contributed by atoms with van der Waals surface area (Å²) in [5.74, 6) is 1.00. The van der Waals surface area contributed by atoms with Gasteiger partial charge in [0.1, 0.15) is 5.82 Å². The van der Waals surface area contributed by atoms with Crippen molar-refractivity contribution in [3.63, 3.8) is 0 Å². The highest BCUT2D eigenvalue weighted by molar-refractivity contribution is 5.57. The maximum absolute atomic E-state index is 14.3. The zero-order valence-corrected chi connectivity index (χ0v) is 25.4. The summed E-state index contributed by atoms with van der Waals surface area (Å²) < 4.78 is 21.0. The third-order valence-electron chi connectivity index (χ3n) is 9.26. The second kappa shape index (κ2) is 13.9. The van der Waals surface area contributed by atoms with E-state index in [0.29, 0.717) is 12.6 Å². The van der Waals surface area contributed by atoms with Crippen molar-refractivity contribution in [3.05, 3.63) is 88.9 Å². The Bertz CT molecular complexity index is 1240. The van der Waals surface area contributed by atoms with Gasteiger partial charge >= 0.3 is 0 Å². The Morgan fingerprint density at radius 3 is 2.49 bits per heavy atom. The van der Waals surface area contributed by atoms with E-state index in [4.69, 9.17) is 9.73 Å². The Morgan fingerprint density at radius 1 is 1.05 bits per heavy atom. The summed E-state index contributed by atoms with van der Waals surface area (Å²) >= 11 is 0. The van der Waals surface area contributed by atoms with Gasteiger partial charge in [-0.3, -0.25) is 9.89 Å². The molecule has 1 saturated heterocycles. The number of hydrogen-bond donors (Lipinski definition) is 0. The molecule has 41 heavy (non-hydrogen) atoms. The van der Waals surface area contributed by atoms with Crippen molar-refractivity contribution in [1.82, 2.24) is 4.90 Å². The fraction of sp³-hybridized carbons (Fsp3) is 0.528. The zero-order chi connectivity index (χ0) is 28.8. The molecule has 4 nitrogen and oxygen atoms in total. The molecule has 5 rings (SSSR count). The molecule has 0 N–H and O–H groups in total. The highest BCUT2D eigenvalue weighted by atomic mass is 19.1. The van der Waals surface area contributed by atoms with Crippen molar-refractivity contribution in [3.8, 4) is 0 Å². The highest BCUT2D eigenvalue weighted by Gasteiger charge is 2.33. The van der Waals surface area contributed by atoms with Crippen LogP contribution in [0.1, 0.15) is 70.4 Å². The first-order valence-corrected chi connectivity index (χ1v) is 15.8. The van der Waals surface area contributed by atoms with Crippen LogP contribution in [0.15, 0.2) is 76.9 Å². The molecule has 2 fully saturated rings. The SMILES string of the molecule is CC=NC1=C(C(C)OC2CCN(C(C)N(CC3CC3)c3ccccc3C)CC2)C=CCC1CCc1ccccc1F. The number of hydrogen-bond acceptors (Lipinski definition) is 4. The Kier molecular flexibility index (Phi) is 10.1. The normalized spacial score (nSPS) is 21.9. The van der Waals surface area contributed by atoms with Gasteiger partial charge in [0.25, 0.3) is 0 Å². The van der Waals surface area contributed by atoms with Gasteiger partial charge in [-0.2, -0.15) is 0 Å². The number of nitrogens with zero attached hydrogens (tertiary/aromatic N) is 3. The number of para-hydroxylation sites is 1. The van der Waals surface area contributed by atoms with Crippen LogP contribution in [0.3, 0.4) is 0 Å². The first kappa shape index (κ1) is 29.7. The molecule has 5 heteroatoms. The molecule has 3 unspecified atom stereocenters. The van der Waals surface area contributed by atoms with Crippen LogP contribution < -0.4 is 4.90 Å². The lowest BCUT2D eigenvalue weighted by molar-refractivity contribution is -0.0253. The van der Waals surface area contributed by atoms with E-state index in [0.717, 1.165) is 62.5 Å². The number of anilines is 1. The number of halogens is 1. The number of rotatable bonds is 12. The van der Waals surface area contributed by atoms with E-state index in [1.54, 1.807) is 12.1 Å². The van der Waals surface area contributed by atoms with Gasteiger partial charge in [-0.1, -0.05) is 48.6 Å². The quantitative estimate of drug-likeness (QED) is 0.247. The Labute approximate surface area is 247 Å². The van der Waals surface area contributed by atoms with Crippen molar-refractivity contribution in [2.45, 2.75) is 91.0 Å². The third kappa shape index (κ3) is 7.55. The van der Waals surface area contributed by atoms with E-state index in [9.17, 15) is 4.39 Å². The molecule has 0 radical (unpaired) electrons. The summed E-state index contributed by atoms with van der Waals surface area (Å²) in [5, 5.41) is 0.